The summed E-state index contributed by atoms with van der Waals surface area (Å²) in [6.07, 6.45) is 0. The first-order valence-electron chi connectivity index (χ1n) is 4.53. The fourth-order valence-corrected chi connectivity index (χ4v) is 1.51. The van der Waals surface area contributed by atoms with Crippen molar-refractivity contribution in [1.82, 2.24) is 0 Å². The van der Waals surface area contributed by atoms with Crippen LogP contribution in [0.15, 0.2) is 18.2 Å². The van der Waals surface area contributed by atoms with E-state index in [4.69, 9.17) is 17.3 Å². The lowest BCUT2D eigenvalue weighted by Gasteiger charge is -2.28. The molecule has 0 aromatic heterocycles. The number of rotatable bonds is 1. The Morgan fingerprint density at radius 1 is 1.36 bits per heavy atom. The molecule has 1 unspecified atom stereocenters. The van der Waals surface area contributed by atoms with Crippen molar-refractivity contribution in [3.05, 3.63) is 34.6 Å². The van der Waals surface area contributed by atoms with E-state index in [1.165, 1.54) is 12.1 Å². The Labute approximate surface area is 89.1 Å². The summed E-state index contributed by atoms with van der Waals surface area (Å²) in [4.78, 5) is 0. The maximum atomic E-state index is 12.8. The second-order valence-corrected chi connectivity index (χ2v) is 4.92. The SMILES string of the molecule is CC(C)(C)C(N)c1ccc(F)cc1Cl. The third kappa shape index (κ3) is 2.46. The molecule has 0 radical (unpaired) electrons. The van der Waals surface area contributed by atoms with Crippen LogP contribution in [-0.2, 0) is 0 Å². The molecule has 0 saturated carbocycles. The van der Waals surface area contributed by atoms with Crippen LogP contribution in [0.1, 0.15) is 32.4 Å². The van der Waals surface area contributed by atoms with E-state index in [-0.39, 0.29) is 17.3 Å². The monoisotopic (exact) mass is 215 g/mol. The molecule has 0 heterocycles. The van der Waals surface area contributed by atoms with E-state index in [0.717, 1.165) is 5.56 Å². The zero-order valence-corrected chi connectivity index (χ0v) is 9.40. The van der Waals surface area contributed by atoms with Gasteiger partial charge in [0.1, 0.15) is 5.82 Å². The summed E-state index contributed by atoms with van der Waals surface area (Å²) in [5.41, 5.74) is 6.73. The van der Waals surface area contributed by atoms with Gasteiger partial charge in [-0.3, -0.25) is 0 Å². The summed E-state index contributed by atoms with van der Waals surface area (Å²) >= 11 is 5.91. The van der Waals surface area contributed by atoms with E-state index in [9.17, 15) is 4.39 Å². The molecule has 0 aliphatic rings. The van der Waals surface area contributed by atoms with E-state index < -0.39 is 0 Å². The van der Waals surface area contributed by atoms with E-state index in [0.29, 0.717) is 5.02 Å². The number of halogens is 2. The van der Waals surface area contributed by atoms with Gasteiger partial charge >= 0.3 is 0 Å². The van der Waals surface area contributed by atoms with Crippen LogP contribution < -0.4 is 5.73 Å². The third-order valence-electron chi connectivity index (χ3n) is 2.23. The lowest BCUT2D eigenvalue weighted by atomic mass is 9.83. The maximum absolute atomic E-state index is 12.8. The Balaban J connectivity index is 3.08. The molecule has 0 aliphatic heterocycles. The van der Waals surface area contributed by atoms with Crippen molar-refractivity contribution < 1.29 is 4.39 Å². The highest BCUT2D eigenvalue weighted by atomic mass is 35.5. The molecule has 78 valence electrons. The van der Waals surface area contributed by atoms with Gasteiger partial charge in [-0.25, -0.2) is 4.39 Å². The van der Waals surface area contributed by atoms with Gasteiger partial charge in [-0.15, -0.1) is 0 Å². The number of hydrogen-bond acceptors (Lipinski definition) is 1. The van der Waals surface area contributed by atoms with Crippen molar-refractivity contribution in [1.29, 1.82) is 0 Å². The predicted molar refractivity (Wildman–Crippen MR) is 57.8 cm³/mol. The summed E-state index contributed by atoms with van der Waals surface area (Å²) in [7, 11) is 0. The van der Waals surface area contributed by atoms with Gasteiger partial charge in [0.15, 0.2) is 0 Å². The van der Waals surface area contributed by atoms with Crippen LogP contribution in [-0.4, -0.2) is 0 Å². The smallest absolute Gasteiger partial charge is 0.124 e. The zero-order valence-electron chi connectivity index (χ0n) is 8.64. The lowest BCUT2D eigenvalue weighted by molar-refractivity contribution is 0.327. The molecule has 14 heavy (non-hydrogen) atoms. The topological polar surface area (TPSA) is 26.0 Å². The third-order valence-corrected chi connectivity index (χ3v) is 2.56. The summed E-state index contributed by atoms with van der Waals surface area (Å²) in [6.45, 7) is 6.08. The molecular weight excluding hydrogens is 201 g/mol. The van der Waals surface area contributed by atoms with Crippen molar-refractivity contribution in [3.63, 3.8) is 0 Å². The largest absolute Gasteiger partial charge is 0.323 e. The molecule has 2 N–H and O–H groups in total. The van der Waals surface area contributed by atoms with Gasteiger partial charge in [-0.1, -0.05) is 38.4 Å². The standard InChI is InChI=1S/C11H15ClFN/c1-11(2,3)10(14)8-5-4-7(13)6-9(8)12/h4-6,10H,14H2,1-3H3. The molecule has 0 spiro atoms. The minimum Gasteiger partial charge on any atom is -0.323 e. The van der Waals surface area contributed by atoms with E-state index in [2.05, 4.69) is 0 Å². The minimum atomic E-state index is -0.333. The van der Waals surface area contributed by atoms with Crippen LogP contribution >= 0.6 is 11.6 Å². The molecule has 1 rings (SSSR count). The Hall–Kier alpha value is -0.600. The summed E-state index contributed by atoms with van der Waals surface area (Å²) < 4.78 is 12.8. The Morgan fingerprint density at radius 3 is 2.36 bits per heavy atom. The highest BCUT2D eigenvalue weighted by molar-refractivity contribution is 6.31. The average Bonchev–Trinajstić information content (AvgIpc) is 2.01. The van der Waals surface area contributed by atoms with Gasteiger partial charge in [-0.05, 0) is 23.1 Å². The number of benzene rings is 1. The quantitative estimate of drug-likeness (QED) is 0.762. The maximum Gasteiger partial charge on any atom is 0.124 e. The van der Waals surface area contributed by atoms with Crippen molar-refractivity contribution >= 4 is 11.6 Å². The summed E-state index contributed by atoms with van der Waals surface area (Å²) in [5.74, 6) is -0.333. The Morgan fingerprint density at radius 2 is 1.93 bits per heavy atom. The number of nitrogens with two attached hydrogens (primary N) is 1. The fraction of sp³-hybridized carbons (Fsp3) is 0.455. The lowest BCUT2D eigenvalue weighted by Crippen LogP contribution is -2.26. The second kappa shape index (κ2) is 3.87. The summed E-state index contributed by atoms with van der Waals surface area (Å²) in [6, 6.07) is 4.14. The normalized spacial score (nSPS) is 14.1. The highest BCUT2D eigenvalue weighted by Gasteiger charge is 2.24. The van der Waals surface area contributed by atoms with E-state index >= 15 is 0 Å². The van der Waals surface area contributed by atoms with Gasteiger partial charge in [0.2, 0.25) is 0 Å². The van der Waals surface area contributed by atoms with Crippen molar-refractivity contribution in [2.24, 2.45) is 11.1 Å². The first kappa shape index (κ1) is 11.5. The van der Waals surface area contributed by atoms with Crippen LogP contribution in [0, 0.1) is 11.2 Å². The Bertz CT molecular complexity index is 331. The van der Waals surface area contributed by atoms with Crippen molar-refractivity contribution in [3.8, 4) is 0 Å². The summed E-state index contributed by atoms with van der Waals surface area (Å²) in [5, 5.41) is 0.396. The number of hydrogen-bond donors (Lipinski definition) is 1. The van der Waals surface area contributed by atoms with Gasteiger partial charge in [0, 0.05) is 11.1 Å². The van der Waals surface area contributed by atoms with E-state index in [1.54, 1.807) is 6.07 Å². The first-order valence-corrected chi connectivity index (χ1v) is 4.90. The Kier molecular flexibility index (Phi) is 3.17. The molecule has 1 aromatic carbocycles. The molecule has 0 aliphatic carbocycles. The molecule has 3 heteroatoms. The highest BCUT2D eigenvalue weighted by Crippen LogP contribution is 2.34. The molecule has 0 amide bonds. The zero-order chi connectivity index (χ0) is 10.9. The average molecular weight is 216 g/mol. The molecule has 1 aromatic rings. The molecule has 0 fully saturated rings. The van der Waals surface area contributed by atoms with Crippen LogP contribution in [0.25, 0.3) is 0 Å². The molecular formula is C11H15ClFN. The first-order chi connectivity index (χ1) is 6.32. The fourth-order valence-electron chi connectivity index (χ4n) is 1.22. The molecule has 0 saturated heterocycles. The van der Waals surface area contributed by atoms with Gasteiger partial charge in [-0.2, -0.15) is 0 Å². The molecule has 1 atom stereocenters. The van der Waals surface area contributed by atoms with Crippen LogP contribution in [0.5, 0.6) is 0 Å². The van der Waals surface area contributed by atoms with Crippen LogP contribution in [0.3, 0.4) is 0 Å². The van der Waals surface area contributed by atoms with Crippen molar-refractivity contribution in [2.45, 2.75) is 26.8 Å². The van der Waals surface area contributed by atoms with Crippen molar-refractivity contribution in [2.75, 3.05) is 0 Å². The van der Waals surface area contributed by atoms with Gasteiger partial charge < -0.3 is 5.73 Å². The molecule has 1 nitrogen and oxygen atoms in total. The van der Waals surface area contributed by atoms with E-state index in [1.807, 2.05) is 20.8 Å². The van der Waals surface area contributed by atoms with Crippen LogP contribution in [0.4, 0.5) is 4.39 Å². The van der Waals surface area contributed by atoms with Gasteiger partial charge in [0.25, 0.3) is 0 Å². The minimum absolute atomic E-state index is 0.0819. The predicted octanol–water partition coefficient (Wildman–Crippen LogP) is 3.53. The second-order valence-electron chi connectivity index (χ2n) is 4.51. The van der Waals surface area contributed by atoms with Crippen LogP contribution in [0.2, 0.25) is 5.02 Å². The van der Waals surface area contributed by atoms with Gasteiger partial charge in [0.05, 0.1) is 0 Å². The molecule has 0 bridgehead atoms.